The molecule has 0 unspecified atom stereocenters. The summed E-state index contributed by atoms with van der Waals surface area (Å²) < 4.78 is -1.53. The van der Waals surface area contributed by atoms with Crippen LogP contribution in [0.4, 0.5) is 10.5 Å². The fourth-order valence-electron chi connectivity index (χ4n) is 7.29. The zero-order chi connectivity index (χ0) is 30.8. The molecule has 45 heavy (non-hydrogen) atoms. The van der Waals surface area contributed by atoms with Crippen LogP contribution in [0.5, 0.6) is 0 Å². The summed E-state index contributed by atoms with van der Waals surface area (Å²) in [6.45, 7) is 0.470. The molecule has 3 aliphatic rings. The van der Waals surface area contributed by atoms with E-state index in [2.05, 4.69) is 5.32 Å². The van der Waals surface area contributed by atoms with Crippen LogP contribution in [0.25, 0.3) is 10.8 Å². The second kappa shape index (κ2) is 10.4. The number of amides is 3. The van der Waals surface area contributed by atoms with Crippen LogP contribution in [0.15, 0.2) is 127 Å². The zero-order valence-electron chi connectivity index (χ0n) is 24.1. The van der Waals surface area contributed by atoms with E-state index in [4.69, 9.17) is 12.2 Å². The van der Waals surface area contributed by atoms with Crippen molar-refractivity contribution in [2.75, 3.05) is 4.90 Å². The van der Waals surface area contributed by atoms with Gasteiger partial charge >= 0.3 is 0 Å². The normalized spacial score (nSPS) is 23.9. The van der Waals surface area contributed by atoms with Crippen molar-refractivity contribution in [2.45, 2.75) is 29.3 Å². The highest BCUT2D eigenvalue weighted by molar-refractivity contribution is 8.17. The first kappa shape index (κ1) is 27.7. The monoisotopic (exact) mass is 625 g/mol. The van der Waals surface area contributed by atoms with Crippen LogP contribution in [0.3, 0.4) is 0 Å². The van der Waals surface area contributed by atoms with Gasteiger partial charge in [-0.15, -0.1) is 0 Å². The Balaban J connectivity index is 1.36. The summed E-state index contributed by atoms with van der Waals surface area (Å²) in [6, 6.07) is 40.9. The fraction of sp³-hybridized carbons (Fsp3) is 0.135. The van der Waals surface area contributed by atoms with Gasteiger partial charge in [0.25, 0.3) is 17.1 Å². The van der Waals surface area contributed by atoms with Crippen molar-refractivity contribution in [1.29, 1.82) is 0 Å². The lowest BCUT2D eigenvalue weighted by Gasteiger charge is -2.36. The molecule has 220 valence electrons. The molecule has 0 aromatic heterocycles. The van der Waals surface area contributed by atoms with Gasteiger partial charge < -0.3 is 10.2 Å². The van der Waals surface area contributed by atoms with E-state index >= 15 is 4.79 Å². The van der Waals surface area contributed by atoms with Crippen LogP contribution >= 0.6 is 24.0 Å². The number of nitrogens with zero attached hydrogens (tertiary/aromatic N) is 2. The predicted molar refractivity (Wildman–Crippen MR) is 181 cm³/mol. The number of hydrogen-bond acceptors (Lipinski definition) is 5. The number of carbonyl (C=O) groups is 3. The Morgan fingerprint density at radius 1 is 0.667 bits per heavy atom. The standard InChI is InChI=1S/C37H27N3O3S2/c41-33-36(29-20-9-10-21-30(29)39(33)22-24-12-3-1-4-13-24)31(28-19-11-17-26-16-7-8-18-27(26)28)37(32(44)38-36)34(42)40(35(43)45-37)23-25-14-5-2-6-15-25/h1-21,31H,22-23H2,(H,38,44)/t31-,36+,37-/m1/s1. The number of thiocarbonyl (C=S) groups is 1. The third-order valence-corrected chi connectivity index (χ3v) is 11.1. The molecule has 8 heteroatoms. The van der Waals surface area contributed by atoms with Gasteiger partial charge in [-0.25, -0.2) is 0 Å². The van der Waals surface area contributed by atoms with Gasteiger partial charge in [0.2, 0.25) is 0 Å². The molecule has 8 rings (SSSR count). The van der Waals surface area contributed by atoms with E-state index in [1.54, 1.807) is 4.90 Å². The first-order chi connectivity index (χ1) is 21.9. The van der Waals surface area contributed by atoms with Crippen LogP contribution in [0.2, 0.25) is 0 Å². The molecule has 0 saturated carbocycles. The largest absolute Gasteiger partial charge is 0.360 e. The summed E-state index contributed by atoms with van der Waals surface area (Å²) in [5.41, 5.74) is 2.68. The minimum atomic E-state index is -1.53. The summed E-state index contributed by atoms with van der Waals surface area (Å²) in [5, 5.41) is 4.95. The van der Waals surface area contributed by atoms with Crippen LogP contribution in [-0.4, -0.2) is 31.7 Å². The number of anilines is 1. The van der Waals surface area contributed by atoms with E-state index in [0.717, 1.165) is 50.5 Å². The Morgan fingerprint density at radius 3 is 2.00 bits per heavy atom. The van der Waals surface area contributed by atoms with Crippen molar-refractivity contribution < 1.29 is 14.4 Å². The van der Waals surface area contributed by atoms with Crippen LogP contribution in [0.1, 0.15) is 28.2 Å². The van der Waals surface area contributed by atoms with Gasteiger partial charge in [-0.2, -0.15) is 0 Å². The topological polar surface area (TPSA) is 69.7 Å². The zero-order valence-corrected chi connectivity index (χ0v) is 25.7. The minimum Gasteiger partial charge on any atom is -0.360 e. The lowest BCUT2D eigenvalue weighted by molar-refractivity contribution is -0.129. The van der Waals surface area contributed by atoms with E-state index in [-0.39, 0.29) is 22.7 Å². The number of imide groups is 1. The molecule has 2 spiro atoms. The average Bonchev–Trinajstić information content (AvgIpc) is 3.58. The fourth-order valence-corrected chi connectivity index (χ4v) is 9.07. The van der Waals surface area contributed by atoms with Gasteiger partial charge in [0.15, 0.2) is 10.3 Å². The highest BCUT2D eigenvalue weighted by Gasteiger charge is 2.75. The van der Waals surface area contributed by atoms with Crippen molar-refractivity contribution in [2.24, 2.45) is 0 Å². The molecule has 0 aliphatic carbocycles. The van der Waals surface area contributed by atoms with Gasteiger partial charge in [-0.3, -0.25) is 19.3 Å². The van der Waals surface area contributed by atoms with Gasteiger partial charge in [-0.05, 0) is 45.3 Å². The number of hydrogen-bond donors (Lipinski definition) is 1. The molecule has 0 bridgehead atoms. The summed E-state index contributed by atoms with van der Waals surface area (Å²) in [4.78, 5) is 47.1. The Bertz CT molecular complexity index is 2030. The molecule has 6 nitrogen and oxygen atoms in total. The summed E-state index contributed by atoms with van der Waals surface area (Å²) in [6.07, 6.45) is 0. The summed E-state index contributed by atoms with van der Waals surface area (Å²) in [7, 11) is 0. The maximum Gasteiger partial charge on any atom is 0.290 e. The third-order valence-electron chi connectivity index (χ3n) is 9.22. The Hall–Kier alpha value is -4.79. The summed E-state index contributed by atoms with van der Waals surface area (Å²) in [5.74, 6) is -1.42. The summed E-state index contributed by atoms with van der Waals surface area (Å²) >= 11 is 7.03. The van der Waals surface area contributed by atoms with Crippen molar-refractivity contribution in [3.8, 4) is 0 Å². The molecule has 3 heterocycles. The quantitative estimate of drug-likeness (QED) is 0.214. The predicted octanol–water partition coefficient (Wildman–Crippen LogP) is 6.93. The van der Waals surface area contributed by atoms with Gasteiger partial charge in [0.05, 0.1) is 24.7 Å². The van der Waals surface area contributed by atoms with Gasteiger partial charge in [0.1, 0.15) is 4.99 Å². The second-order valence-electron chi connectivity index (χ2n) is 11.6. The first-order valence-electron chi connectivity index (χ1n) is 14.8. The average molecular weight is 626 g/mol. The molecule has 2 fully saturated rings. The third kappa shape index (κ3) is 3.95. The smallest absolute Gasteiger partial charge is 0.290 e. The van der Waals surface area contributed by atoms with Crippen LogP contribution in [0, 0.1) is 0 Å². The SMILES string of the molecule is O=C1S[C@@]2(C(=O)N1Cc1ccccc1)C(=S)N[C@]1(C(=O)N(Cc3ccccc3)c3ccccc31)[C@H]2c1cccc2ccccc12. The number of carbonyl (C=O) groups excluding carboxylic acids is 3. The number of thioether (sulfide) groups is 1. The van der Waals surface area contributed by atoms with Crippen molar-refractivity contribution in [1.82, 2.24) is 10.2 Å². The Labute approximate surface area is 270 Å². The van der Waals surface area contributed by atoms with Crippen LogP contribution < -0.4 is 10.2 Å². The molecule has 5 aromatic rings. The van der Waals surface area contributed by atoms with Crippen molar-refractivity contribution >= 4 is 62.5 Å². The lowest BCUT2D eigenvalue weighted by atomic mass is 9.70. The Kier molecular flexibility index (Phi) is 6.41. The molecular formula is C37H27N3O3S2. The van der Waals surface area contributed by atoms with E-state index < -0.39 is 22.1 Å². The molecule has 3 amide bonds. The Morgan fingerprint density at radius 2 is 1.27 bits per heavy atom. The van der Waals surface area contributed by atoms with E-state index in [0.29, 0.717) is 6.54 Å². The first-order valence-corrected chi connectivity index (χ1v) is 16.0. The molecule has 3 atom stereocenters. The van der Waals surface area contributed by atoms with E-state index in [1.807, 2.05) is 127 Å². The molecule has 2 saturated heterocycles. The van der Waals surface area contributed by atoms with Crippen molar-refractivity contribution in [3.63, 3.8) is 0 Å². The maximum absolute atomic E-state index is 15.1. The van der Waals surface area contributed by atoms with E-state index in [1.165, 1.54) is 4.90 Å². The maximum atomic E-state index is 15.1. The molecule has 3 aliphatic heterocycles. The molecular weight excluding hydrogens is 599 g/mol. The molecule has 5 aromatic carbocycles. The van der Waals surface area contributed by atoms with Gasteiger partial charge in [-0.1, -0.05) is 134 Å². The highest BCUT2D eigenvalue weighted by Crippen LogP contribution is 2.63. The number of nitrogens with one attached hydrogen (secondary N) is 1. The van der Waals surface area contributed by atoms with Crippen LogP contribution in [-0.2, 0) is 28.2 Å². The van der Waals surface area contributed by atoms with E-state index in [9.17, 15) is 9.59 Å². The number of rotatable bonds is 5. The number of para-hydroxylation sites is 1. The number of benzene rings is 5. The second-order valence-corrected chi connectivity index (χ2v) is 13.2. The molecule has 0 radical (unpaired) electrons. The lowest BCUT2D eigenvalue weighted by Crippen LogP contribution is -2.52. The van der Waals surface area contributed by atoms with Gasteiger partial charge in [0, 0.05) is 5.56 Å². The van der Waals surface area contributed by atoms with Crippen molar-refractivity contribution in [3.05, 3.63) is 150 Å². The minimum absolute atomic E-state index is 0.121. The molecule has 1 N–H and O–H groups in total. The number of fused-ring (bicyclic) bond motifs is 3. The highest BCUT2D eigenvalue weighted by atomic mass is 32.2.